The molecule has 2 aliphatic heterocycles. The number of carbonyl (C=O) groups is 2. The first-order valence-electron chi connectivity index (χ1n) is 10.5. The van der Waals surface area contributed by atoms with Crippen molar-refractivity contribution in [1.82, 2.24) is 9.21 Å². The highest BCUT2D eigenvalue weighted by molar-refractivity contribution is 7.89. The molecular formula is C22H26N2O6S. The molecule has 0 saturated carbocycles. The van der Waals surface area contributed by atoms with Gasteiger partial charge >= 0.3 is 5.97 Å². The molecule has 2 aromatic carbocycles. The normalized spacial score (nSPS) is 18.8. The number of esters is 1. The number of fused-ring (bicyclic) bond motifs is 1. The minimum atomic E-state index is -3.64. The Bertz CT molecular complexity index is 1060. The van der Waals surface area contributed by atoms with Crippen molar-refractivity contribution in [1.29, 1.82) is 0 Å². The maximum Gasteiger partial charge on any atom is 0.309 e. The summed E-state index contributed by atoms with van der Waals surface area (Å²) < 4.78 is 37.9. The van der Waals surface area contributed by atoms with Crippen molar-refractivity contribution in [2.45, 2.75) is 17.7 Å². The number of hydrogen-bond donors (Lipinski definition) is 0. The van der Waals surface area contributed by atoms with E-state index in [1.54, 1.807) is 23.1 Å². The third-order valence-electron chi connectivity index (χ3n) is 5.84. The number of piperazine rings is 1. The summed E-state index contributed by atoms with van der Waals surface area (Å²) in [4.78, 5) is 26.3. The number of sulfonamides is 1. The van der Waals surface area contributed by atoms with Crippen molar-refractivity contribution in [2.75, 3.05) is 46.0 Å². The fourth-order valence-corrected chi connectivity index (χ4v) is 5.39. The second-order valence-electron chi connectivity index (χ2n) is 7.79. The van der Waals surface area contributed by atoms with Crippen LogP contribution in [0.15, 0.2) is 47.4 Å². The molecule has 0 unspecified atom stereocenters. The van der Waals surface area contributed by atoms with Crippen molar-refractivity contribution < 1.29 is 27.5 Å². The number of nitrogens with zero attached hydrogens (tertiary/aromatic N) is 2. The molecule has 0 spiro atoms. The van der Waals surface area contributed by atoms with Gasteiger partial charge in [0.1, 0.15) is 0 Å². The fraction of sp³-hybridized carbons (Fsp3) is 0.455. The van der Waals surface area contributed by atoms with Gasteiger partial charge in [-0.1, -0.05) is 30.3 Å². The summed E-state index contributed by atoms with van der Waals surface area (Å²) in [5.74, 6) is -0.886. The van der Waals surface area contributed by atoms with Crippen molar-refractivity contribution in [3.63, 3.8) is 0 Å². The molecule has 4 rings (SSSR count). The number of rotatable bonds is 5. The predicted molar refractivity (Wildman–Crippen MR) is 114 cm³/mol. The van der Waals surface area contributed by atoms with Gasteiger partial charge in [0.25, 0.3) is 5.91 Å². The quantitative estimate of drug-likeness (QED) is 0.649. The lowest BCUT2D eigenvalue weighted by Crippen LogP contribution is -2.51. The van der Waals surface area contributed by atoms with Gasteiger partial charge in [-0.2, -0.15) is 4.31 Å². The second kappa shape index (κ2) is 9.33. The smallest absolute Gasteiger partial charge is 0.309 e. The average molecular weight is 447 g/mol. The third kappa shape index (κ3) is 4.89. The van der Waals surface area contributed by atoms with Crippen LogP contribution >= 0.6 is 0 Å². The summed E-state index contributed by atoms with van der Waals surface area (Å²) in [6, 6.07) is 12.7. The van der Waals surface area contributed by atoms with E-state index in [0.717, 1.165) is 10.8 Å². The van der Waals surface area contributed by atoms with Gasteiger partial charge in [-0.3, -0.25) is 9.59 Å². The van der Waals surface area contributed by atoms with Crippen molar-refractivity contribution in [3.05, 3.63) is 42.5 Å². The van der Waals surface area contributed by atoms with Gasteiger partial charge in [0.05, 0.1) is 10.8 Å². The van der Waals surface area contributed by atoms with E-state index in [1.807, 2.05) is 24.3 Å². The van der Waals surface area contributed by atoms with Crippen LogP contribution in [0, 0.1) is 5.92 Å². The van der Waals surface area contributed by atoms with Gasteiger partial charge in [-0.25, -0.2) is 8.42 Å². The molecule has 0 radical (unpaired) electrons. The number of hydrogen-bond acceptors (Lipinski definition) is 6. The standard InChI is InChI=1S/C22H26N2O6S/c25-21(16-30-22(26)18-7-13-29-14-8-18)23-9-11-24(12-10-23)31(27,28)20-6-5-17-3-1-2-4-19(17)15-20/h1-6,15,18H,7-14,16H2. The second-order valence-corrected chi connectivity index (χ2v) is 9.73. The molecule has 2 fully saturated rings. The third-order valence-corrected chi connectivity index (χ3v) is 7.74. The maximum atomic E-state index is 13.0. The molecule has 2 aromatic rings. The summed E-state index contributed by atoms with van der Waals surface area (Å²) in [6.45, 7) is 1.68. The summed E-state index contributed by atoms with van der Waals surface area (Å²) >= 11 is 0. The molecule has 8 nitrogen and oxygen atoms in total. The Kier molecular flexibility index (Phi) is 6.54. The van der Waals surface area contributed by atoms with Gasteiger partial charge < -0.3 is 14.4 Å². The van der Waals surface area contributed by atoms with Crippen molar-refractivity contribution in [3.8, 4) is 0 Å². The Balaban J connectivity index is 1.31. The SMILES string of the molecule is O=C(OCC(=O)N1CCN(S(=O)(=O)c2ccc3ccccc3c2)CC1)C1CCOCC1. The van der Waals surface area contributed by atoms with Crippen LogP contribution in [0.5, 0.6) is 0 Å². The van der Waals surface area contributed by atoms with Crippen LogP contribution in [0.1, 0.15) is 12.8 Å². The Morgan fingerprint density at radius 1 is 0.968 bits per heavy atom. The van der Waals surface area contributed by atoms with Crippen molar-refractivity contribution in [2.24, 2.45) is 5.92 Å². The van der Waals surface area contributed by atoms with E-state index in [9.17, 15) is 18.0 Å². The van der Waals surface area contributed by atoms with Gasteiger partial charge in [-0.05, 0) is 35.7 Å². The van der Waals surface area contributed by atoms with Gasteiger partial charge in [-0.15, -0.1) is 0 Å². The van der Waals surface area contributed by atoms with E-state index in [0.29, 0.717) is 26.1 Å². The van der Waals surface area contributed by atoms with Gasteiger partial charge in [0, 0.05) is 39.4 Å². The van der Waals surface area contributed by atoms with E-state index in [2.05, 4.69) is 0 Å². The van der Waals surface area contributed by atoms with Crippen LogP contribution in [0.25, 0.3) is 10.8 Å². The van der Waals surface area contributed by atoms with E-state index in [-0.39, 0.29) is 55.5 Å². The minimum Gasteiger partial charge on any atom is -0.455 e. The highest BCUT2D eigenvalue weighted by Gasteiger charge is 2.31. The Labute approximate surface area is 181 Å². The molecule has 0 aromatic heterocycles. The van der Waals surface area contributed by atoms with Crippen LogP contribution < -0.4 is 0 Å². The molecule has 0 N–H and O–H groups in total. The molecule has 0 aliphatic carbocycles. The predicted octanol–water partition coefficient (Wildman–Crippen LogP) is 1.64. The minimum absolute atomic E-state index is 0.203. The molecule has 166 valence electrons. The van der Waals surface area contributed by atoms with Crippen LogP contribution in [0.4, 0.5) is 0 Å². The average Bonchev–Trinajstić information content (AvgIpc) is 2.82. The van der Waals surface area contributed by atoms with E-state index in [4.69, 9.17) is 9.47 Å². The molecular weight excluding hydrogens is 420 g/mol. The lowest BCUT2D eigenvalue weighted by Gasteiger charge is -2.34. The molecule has 0 atom stereocenters. The van der Waals surface area contributed by atoms with E-state index >= 15 is 0 Å². The van der Waals surface area contributed by atoms with Gasteiger partial charge in [0.15, 0.2) is 6.61 Å². The van der Waals surface area contributed by atoms with Crippen LogP contribution in [-0.4, -0.2) is 75.5 Å². The van der Waals surface area contributed by atoms with Gasteiger partial charge in [0.2, 0.25) is 10.0 Å². The van der Waals surface area contributed by atoms with Crippen LogP contribution in [0.2, 0.25) is 0 Å². The summed E-state index contributed by atoms with van der Waals surface area (Å²) in [5, 5.41) is 1.84. The van der Waals surface area contributed by atoms with E-state index < -0.39 is 10.0 Å². The molecule has 2 saturated heterocycles. The zero-order chi connectivity index (χ0) is 21.8. The largest absolute Gasteiger partial charge is 0.455 e. The highest BCUT2D eigenvalue weighted by Crippen LogP contribution is 2.23. The Hall–Kier alpha value is -2.49. The topological polar surface area (TPSA) is 93.2 Å². The molecule has 2 aliphatic rings. The summed E-state index contributed by atoms with van der Waals surface area (Å²) in [5.41, 5.74) is 0. The fourth-order valence-electron chi connectivity index (χ4n) is 3.93. The molecule has 9 heteroatoms. The van der Waals surface area contributed by atoms with E-state index in [1.165, 1.54) is 4.31 Å². The highest BCUT2D eigenvalue weighted by atomic mass is 32.2. The number of amides is 1. The first-order chi connectivity index (χ1) is 14.9. The van der Waals surface area contributed by atoms with Crippen molar-refractivity contribution >= 4 is 32.7 Å². The van der Waals surface area contributed by atoms with Crippen LogP contribution in [-0.2, 0) is 29.1 Å². The monoisotopic (exact) mass is 446 g/mol. The Morgan fingerprint density at radius 3 is 2.35 bits per heavy atom. The molecule has 2 heterocycles. The lowest BCUT2D eigenvalue weighted by atomic mass is 10.0. The number of carbonyl (C=O) groups excluding carboxylic acids is 2. The van der Waals surface area contributed by atoms with Crippen LogP contribution in [0.3, 0.4) is 0 Å². The molecule has 1 amide bonds. The molecule has 31 heavy (non-hydrogen) atoms. The summed E-state index contributed by atoms with van der Waals surface area (Å²) in [6.07, 6.45) is 1.22. The first-order valence-corrected chi connectivity index (χ1v) is 11.9. The summed E-state index contributed by atoms with van der Waals surface area (Å²) in [7, 11) is -3.64. The Morgan fingerprint density at radius 2 is 1.65 bits per heavy atom. The first kappa shape index (κ1) is 21.7. The molecule has 0 bridgehead atoms. The number of benzene rings is 2. The maximum absolute atomic E-state index is 13.0. The number of ether oxygens (including phenoxy) is 2. The lowest BCUT2D eigenvalue weighted by molar-refractivity contribution is -0.158. The zero-order valence-corrected chi connectivity index (χ0v) is 18.1. The zero-order valence-electron chi connectivity index (χ0n) is 17.2.